The highest BCUT2D eigenvalue weighted by Crippen LogP contribution is 2.22. The largest absolute Gasteiger partial charge is 0.355 e. The molecule has 1 fully saturated rings. The van der Waals surface area contributed by atoms with Gasteiger partial charge in [-0.15, -0.1) is 11.8 Å². The maximum Gasteiger partial charge on any atom is 0.193 e. The number of rotatable bonds is 8. The molecule has 0 radical (unpaired) electrons. The molecule has 0 aromatic heterocycles. The molecule has 2 unspecified atom stereocenters. The lowest BCUT2D eigenvalue weighted by Crippen LogP contribution is -2.42. The summed E-state index contributed by atoms with van der Waals surface area (Å²) >= 11 is 1.91. The van der Waals surface area contributed by atoms with Crippen LogP contribution in [0, 0.1) is 5.92 Å². The summed E-state index contributed by atoms with van der Waals surface area (Å²) in [5.41, 5.74) is 0. The molecule has 1 aliphatic rings. The minimum Gasteiger partial charge on any atom is -0.355 e. The number of benzene rings is 1. The summed E-state index contributed by atoms with van der Waals surface area (Å²) in [6.45, 7) is 13.4. The molecular weight excluding hydrogens is 328 g/mol. The molecule has 1 heterocycles. The van der Waals surface area contributed by atoms with Crippen molar-refractivity contribution in [2.45, 2.75) is 37.3 Å². The summed E-state index contributed by atoms with van der Waals surface area (Å²) in [4.78, 5) is 10.8. The third kappa shape index (κ3) is 6.55. The van der Waals surface area contributed by atoms with Gasteiger partial charge in [-0.3, -0.25) is 4.99 Å². The van der Waals surface area contributed by atoms with Gasteiger partial charge in [0, 0.05) is 43.4 Å². The van der Waals surface area contributed by atoms with Crippen LogP contribution in [0.15, 0.2) is 40.2 Å². The van der Waals surface area contributed by atoms with E-state index in [4.69, 9.17) is 0 Å². The number of guanidine groups is 1. The summed E-state index contributed by atoms with van der Waals surface area (Å²) in [6, 6.07) is 10.6. The smallest absolute Gasteiger partial charge is 0.193 e. The quantitative estimate of drug-likeness (QED) is 0.436. The first-order valence-corrected chi connectivity index (χ1v) is 10.4. The lowest BCUT2D eigenvalue weighted by atomic mass is 10.1. The van der Waals surface area contributed by atoms with Crippen molar-refractivity contribution >= 4 is 17.7 Å². The molecule has 140 valence electrons. The minimum atomic E-state index is 0.508. The number of hydrogen-bond donors (Lipinski definition) is 1. The van der Waals surface area contributed by atoms with Crippen LogP contribution in [-0.4, -0.2) is 67.3 Å². The van der Waals surface area contributed by atoms with Crippen LogP contribution in [0.2, 0.25) is 0 Å². The maximum absolute atomic E-state index is 4.51. The zero-order chi connectivity index (χ0) is 18.1. The highest BCUT2D eigenvalue weighted by atomic mass is 32.2. The van der Waals surface area contributed by atoms with E-state index in [1.165, 1.54) is 17.9 Å². The summed E-state index contributed by atoms with van der Waals surface area (Å²) < 4.78 is 0. The van der Waals surface area contributed by atoms with Crippen LogP contribution >= 0.6 is 11.8 Å². The van der Waals surface area contributed by atoms with Crippen LogP contribution in [0.4, 0.5) is 0 Å². The van der Waals surface area contributed by atoms with E-state index in [-0.39, 0.29) is 0 Å². The second kappa shape index (κ2) is 10.7. The number of thioether (sulfide) groups is 1. The van der Waals surface area contributed by atoms with Gasteiger partial charge in [-0.2, -0.15) is 0 Å². The fourth-order valence-corrected chi connectivity index (χ4v) is 4.31. The Bertz CT molecular complexity index is 516. The number of likely N-dealkylation sites (tertiary alicyclic amines) is 1. The van der Waals surface area contributed by atoms with E-state index in [1.807, 2.05) is 18.8 Å². The Hall–Kier alpha value is -1.20. The summed E-state index contributed by atoms with van der Waals surface area (Å²) in [5, 5.41) is 4.08. The van der Waals surface area contributed by atoms with Crippen LogP contribution in [0.1, 0.15) is 27.2 Å². The van der Waals surface area contributed by atoms with Gasteiger partial charge in [0.1, 0.15) is 0 Å². The Balaban J connectivity index is 1.77. The average Bonchev–Trinajstić information content (AvgIpc) is 3.09. The second-order valence-corrected chi connectivity index (χ2v) is 8.27. The molecule has 0 aliphatic carbocycles. The van der Waals surface area contributed by atoms with Crippen molar-refractivity contribution in [3.05, 3.63) is 30.3 Å². The first kappa shape index (κ1) is 20.1. The molecule has 4 nitrogen and oxygen atoms in total. The Labute approximate surface area is 158 Å². The fourth-order valence-electron chi connectivity index (χ4n) is 3.36. The predicted molar refractivity (Wildman–Crippen MR) is 111 cm³/mol. The van der Waals surface area contributed by atoms with E-state index >= 15 is 0 Å². The van der Waals surface area contributed by atoms with Crippen LogP contribution < -0.4 is 5.32 Å². The molecule has 25 heavy (non-hydrogen) atoms. The zero-order valence-corrected chi connectivity index (χ0v) is 17.1. The molecule has 0 bridgehead atoms. The summed E-state index contributed by atoms with van der Waals surface area (Å²) in [5.74, 6) is 1.82. The Kier molecular flexibility index (Phi) is 8.62. The summed E-state index contributed by atoms with van der Waals surface area (Å²) in [7, 11) is 1.90. The van der Waals surface area contributed by atoms with Gasteiger partial charge in [0.25, 0.3) is 0 Å². The van der Waals surface area contributed by atoms with Crippen molar-refractivity contribution in [1.29, 1.82) is 0 Å². The Morgan fingerprint density at radius 1 is 1.32 bits per heavy atom. The monoisotopic (exact) mass is 362 g/mol. The van der Waals surface area contributed by atoms with Gasteiger partial charge in [0.15, 0.2) is 5.96 Å². The van der Waals surface area contributed by atoms with Gasteiger partial charge in [-0.1, -0.05) is 39.0 Å². The molecule has 1 aromatic rings. The van der Waals surface area contributed by atoms with Crippen molar-refractivity contribution in [2.24, 2.45) is 10.9 Å². The highest BCUT2D eigenvalue weighted by molar-refractivity contribution is 8.00. The molecule has 1 aliphatic heterocycles. The van der Waals surface area contributed by atoms with Crippen molar-refractivity contribution < 1.29 is 0 Å². The second-order valence-electron chi connectivity index (χ2n) is 6.76. The lowest BCUT2D eigenvalue weighted by Gasteiger charge is -2.25. The zero-order valence-electron chi connectivity index (χ0n) is 16.2. The number of nitrogens with one attached hydrogen (secondary N) is 1. The van der Waals surface area contributed by atoms with E-state index in [0.717, 1.165) is 44.6 Å². The first-order chi connectivity index (χ1) is 12.2. The Morgan fingerprint density at radius 2 is 2.04 bits per heavy atom. The normalized spacial score (nSPS) is 19.5. The van der Waals surface area contributed by atoms with Crippen LogP contribution in [0.3, 0.4) is 0 Å². The molecule has 1 saturated heterocycles. The molecular formula is C20H34N4S. The highest BCUT2D eigenvalue weighted by Gasteiger charge is 2.26. The van der Waals surface area contributed by atoms with Gasteiger partial charge >= 0.3 is 0 Å². The predicted octanol–water partition coefficient (Wildman–Crippen LogP) is 3.41. The fraction of sp³-hybridized carbons (Fsp3) is 0.650. The molecule has 1 N–H and O–H groups in total. The minimum absolute atomic E-state index is 0.508. The SMILES string of the molecule is CCN(CC)CC1CCN(C(=NC)NCC(C)Sc2ccccc2)C1. The standard InChI is InChI=1S/C20H34N4S/c1-5-23(6-2)15-18-12-13-24(16-18)20(21-4)22-14-17(3)25-19-10-8-7-9-11-19/h7-11,17-18H,5-6,12-16H2,1-4H3,(H,21,22). The van der Waals surface area contributed by atoms with Gasteiger partial charge < -0.3 is 15.1 Å². The van der Waals surface area contributed by atoms with E-state index in [9.17, 15) is 0 Å². The maximum atomic E-state index is 4.51. The third-order valence-electron chi connectivity index (χ3n) is 4.84. The van der Waals surface area contributed by atoms with Crippen molar-refractivity contribution in [1.82, 2.24) is 15.1 Å². The van der Waals surface area contributed by atoms with E-state index in [2.05, 4.69) is 71.2 Å². The van der Waals surface area contributed by atoms with Crippen molar-refractivity contribution in [2.75, 3.05) is 46.3 Å². The van der Waals surface area contributed by atoms with Crippen LogP contribution in [0.25, 0.3) is 0 Å². The van der Waals surface area contributed by atoms with E-state index in [0.29, 0.717) is 5.25 Å². The molecule has 1 aromatic carbocycles. The van der Waals surface area contributed by atoms with Crippen molar-refractivity contribution in [3.8, 4) is 0 Å². The van der Waals surface area contributed by atoms with Crippen molar-refractivity contribution in [3.63, 3.8) is 0 Å². The van der Waals surface area contributed by atoms with Gasteiger partial charge in [-0.05, 0) is 37.6 Å². The lowest BCUT2D eigenvalue weighted by molar-refractivity contribution is 0.255. The molecule has 0 saturated carbocycles. The molecule has 2 atom stereocenters. The van der Waals surface area contributed by atoms with Gasteiger partial charge in [-0.25, -0.2) is 0 Å². The summed E-state index contributed by atoms with van der Waals surface area (Å²) in [6.07, 6.45) is 1.27. The van der Waals surface area contributed by atoms with E-state index < -0.39 is 0 Å². The number of hydrogen-bond acceptors (Lipinski definition) is 3. The van der Waals surface area contributed by atoms with Crippen LogP contribution in [0.5, 0.6) is 0 Å². The van der Waals surface area contributed by atoms with Crippen LogP contribution in [-0.2, 0) is 0 Å². The Morgan fingerprint density at radius 3 is 2.68 bits per heavy atom. The molecule has 0 amide bonds. The van der Waals surface area contributed by atoms with Gasteiger partial charge in [0.2, 0.25) is 0 Å². The number of nitrogens with zero attached hydrogens (tertiary/aromatic N) is 3. The first-order valence-electron chi connectivity index (χ1n) is 9.55. The van der Waals surface area contributed by atoms with E-state index in [1.54, 1.807) is 0 Å². The molecule has 5 heteroatoms. The molecule has 0 spiro atoms. The number of aliphatic imine (C=N–C) groups is 1. The average molecular weight is 363 g/mol. The third-order valence-corrected chi connectivity index (χ3v) is 5.95. The van der Waals surface area contributed by atoms with Gasteiger partial charge in [0.05, 0.1) is 0 Å². The molecule has 2 rings (SSSR count). The topological polar surface area (TPSA) is 30.9 Å².